The van der Waals surface area contributed by atoms with Gasteiger partial charge in [-0.05, 0) is 42.0 Å². The zero-order chi connectivity index (χ0) is 23.1. The molecule has 2 aromatic carbocycles. The summed E-state index contributed by atoms with van der Waals surface area (Å²) in [6, 6.07) is 9.59. The van der Waals surface area contributed by atoms with Gasteiger partial charge in [0.2, 0.25) is 5.75 Å². The van der Waals surface area contributed by atoms with Gasteiger partial charge in [0.05, 0.1) is 41.2 Å². The highest BCUT2D eigenvalue weighted by molar-refractivity contribution is 7.80. The molecule has 1 N–H and O–H groups in total. The van der Waals surface area contributed by atoms with Gasteiger partial charge in [0.25, 0.3) is 0 Å². The molecule has 0 atom stereocenters. The monoisotopic (exact) mass is 461 g/mol. The lowest BCUT2D eigenvalue weighted by molar-refractivity contribution is 0.176. The topological polar surface area (TPSA) is 64.7 Å². The molecule has 0 aliphatic carbocycles. The van der Waals surface area contributed by atoms with Crippen molar-refractivity contribution in [1.29, 1.82) is 0 Å². The number of hydrogen-bond acceptors (Lipinski definition) is 7. The van der Waals surface area contributed by atoms with Crippen LogP contribution in [0, 0.1) is 0 Å². The molecule has 0 amide bonds. The Morgan fingerprint density at radius 3 is 1.97 bits per heavy atom. The Labute approximate surface area is 194 Å². The molecule has 2 aromatic rings. The molecule has 0 saturated carbocycles. The summed E-state index contributed by atoms with van der Waals surface area (Å²) in [7, 11) is 8.14. The fourth-order valence-electron chi connectivity index (χ4n) is 3.70. The number of nitrogens with zero attached hydrogens (tertiary/aromatic N) is 2. The average molecular weight is 462 g/mol. The first-order valence-corrected chi connectivity index (χ1v) is 10.7. The highest BCUT2D eigenvalue weighted by Gasteiger charge is 2.21. The van der Waals surface area contributed by atoms with E-state index >= 15 is 0 Å². The van der Waals surface area contributed by atoms with Gasteiger partial charge in [0.15, 0.2) is 16.6 Å². The maximum absolute atomic E-state index is 5.66. The Morgan fingerprint density at radius 2 is 1.44 bits per heavy atom. The molecule has 1 aliphatic rings. The summed E-state index contributed by atoms with van der Waals surface area (Å²) in [5, 5.41) is 3.97. The van der Waals surface area contributed by atoms with Gasteiger partial charge in [0.1, 0.15) is 11.5 Å². The van der Waals surface area contributed by atoms with Crippen LogP contribution in [0.25, 0.3) is 0 Å². The molecule has 8 nitrogen and oxygen atoms in total. The van der Waals surface area contributed by atoms with Crippen molar-refractivity contribution in [2.24, 2.45) is 0 Å². The van der Waals surface area contributed by atoms with E-state index in [0.717, 1.165) is 49.7 Å². The van der Waals surface area contributed by atoms with Crippen LogP contribution >= 0.6 is 12.2 Å². The van der Waals surface area contributed by atoms with E-state index in [1.807, 2.05) is 30.3 Å². The lowest BCUT2D eigenvalue weighted by Gasteiger charge is -2.36. The summed E-state index contributed by atoms with van der Waals surface area (Å²) in [6.07, 6.45) is 0. The molecule has 174 valence electrons. The van der Waals surface area contributed by atoms with Gasteiger partial charge in [-0.25, -0.2) is 0 Å². The maximum Gasteiger partial charge on any atom is 0.203 e. The first-order chi connectivity index (χ1) is 15.5. The molecule has 1 heterocycles. The highest BCUT2D eigenvalue weighted by atomic mass is 32.1. The van der Waals surface area contributed by atoms with Crippen LogP contribution in [0.2, 0.25) is 0 Å². The highest BCUT2D eigenvalue weighted by Crippen LogP contribution is 2.38. The van der Waals surface area contributed by atoms with Crippen LogP contribution in [0.3, 0.4) is 0 Å². The fraction of sp³-hybridized carbons (Fsp3) is 0.435. The first-order valence-electron chi connectivity index (χ1n) is 10.3. The normalized spacial score (nSPS) is 14.0. The van der Waals surface area contributed by atoms with Gasteiger partial charge in [-0.3, -0.25) is 4.90 Å². The molecule has 9 heteroatoms. The second kappa shape index (κ2) is 11.1. The second-order valence-electron chi connectivity index (χ2n) is 7.29. The summed E-state index contributed by atoms with van der Waals surface area (Å²) in [4.78, 5) is 4.55. The van der Waals surface area contributed by atoms with Gasteiger partial charge < -0.3 is 33.9 Å². The van der Waals surface area contributed by atoms with E-state index in [9.17, 15) is 0 Å². The average Bonchev–Trinajstić information content (AvgIpc) is 2.83. The van der Waals surface area contributed by atoms with Crippen LogP contribution in [-0.2, 0) is 6.54 Å². The summed E-state index contributed by atoms with van der Waals surface area (Å²) >= 11 is 5.66. The SMILES string of the molecule is COc1ccc(OC)c(NC(=S)N2CCN(Cc3cc(OC)c(OC)c(OC)c3)CC2)c1. The van der Waals surface area contributed by atoms with E-state index in [0.29, 0.717) is 28.1 Å². The van der Waals surface area contributed by atoms with E-state index in [2.05, 4.69) is 15.1 Å². The number of rotatable bonds is 8. The van der Waals surface area contributed by atoms with Crippen molar-refractivity contribution in [2.45, 2.75) is 6.54 Å². The maximum atomic E-state index is 5.66. The number of benzene rings is 2. The Hall–Kier alpha value is -2.91. The molecule has 1 saturated heterocycles. The first kappa shape index (κ1) is 23.7. The zero-order valence-electron chi connectivity index (χ0n) is 19.3. The van der Waals surface area contributed by atoms with Crippen LogP contribution in [0.1, 0.15) is 5.56 Å². The smallest absolute Gasteiger partial charge is 0.203 e. The van der Waals surface area contributed by atoms with Crippen molar-refractivity contribution in [2.75, 3.05) is 67.0 Å². The third-order valence-corrected chi connectivity index (χ3v) is 5.80. The summed E-state index contributed by atoms with van der Waals surface area (Å²) in [5.74, 6) is 3.39. The van der Waals surface area contributed by atoms with Crippen LogP contribution in [0.15, 0.2) is 30.3 Å². The van der Waals surface area contributed by atoms with Crippen LogP contribution < -0.4 is 29.0 Å². The Kier molecular flexibility index (Phi) is 8.24. The van der Waals surface area contributed by atoms with Gasteiger partial charge in [-0.1, -0.05) is 0 Å². The van der Waals surface area contributed by atoms with Crippen LogP contribution in [0.4, 0.5) is 5.69 Å². The third kappa shape index (κ3) is 5.46. The minimum absolute atomic E-state index is 0.605. The van der Waals surface area contributed by atoms with Gasteiger partial charge in [-0.15, -0.1) is 0 Å². The van der Waals surface area contributed by atoms with Crippen molar-refractivity contribution in [3.63, 3.8) is 0 Å². The van der Waals surface area contributed by atoms with Crippen molar-refractivity contribution in [3.8, 4) is 28.7 Å². The van der Waals surface area contributed by atoms with Gasteiger partial charge in [-0.2, -0.15) is 0 Å². The molecular weight excluding hydrogens is 430 g/mol. The number of methoxy groups -OCH3 is 5. The van der Waals surface area contributed by atoms with E-state index in [-0.39, 0.29) is 0 Å². The van der Waals surface area contributed by atoms with Gasteiger partial charge in [0, 0.05) is 38.8 Å². The van der Waals surface area contributed by atoms with Crippen molar-refractivity contribution < 1.29 is 23.7 Å². The zero-order valence-corrected chi connectivity index (χ0v) is 20.1. The number of hydrogen-bond donors (Lipinski definition) is 1. The van der Waals surface area contributed by atoms with Crippen LogP contribution in [0.5, 0.6) is 28.7 Å². The minimum Gasteiger partial charge on any atom is -0.497 e. The van der Waals surface area contributed by atoms with Gasteiger partial charge >= 0.3 is 0 Å². The molecule has 0 radical (unpaired) electrons. The summed E-state index contributed by atoms with van der Waals surface area (Å²) < 4.78 is 27.1. The van der Waals surface area contributed by atoms with Crippen LogP contribution in [-0.4, -0.2) is 76.6 Å². The molecule has 1 fully saturated rings. The number of ether oxygens (including phenoxy) is 5. The molecule has 3 rings (SSSR count). The van der Waals surface area contributed by atoms with E-state index in [1.165, 1.54) is 0 Å². The number of anilines is 1. The Balaban J connectivity index is 1.60. The van der Waals surface area contributed by atoms with E-state index in [4.69, 9.17) is 35.9 Å². The third-order valence-electron chi connectivity index (χ3n) is 5.44. The molecule has 0 bridgehead atoms. The quantitative estimate of drug-likeness (QED) is 0.597. The predicted octanol–water partition coefficient (Wildman–Crippen LogP) is 3.24. The predicted molar refractivity (Wildman–Crippen MR) is 129 cm³/mol. The van der Waals surface area contributed by atoms with Crippen molar-refractivity contribution in [3.05, 3.63) is 35.9 Å². The second-order valence-corrected chi connectivity index (χ2v) is 7.68. The lowest BCUT2D eigenvalue weighted by Crippen LogP contribution is -2.49. The summed E-state index contributed by atoms with van der Waals surface area (Å²) in [6.45, 7) is 4.20. The number of thiocarbonyl (C=S) groups is 1. The summed E-state index contributed by atoms with van der Waals surface area (Å²) in [5.41, 5.74) is 1.89. The minimum atomic E-state index is 0.605. The van der Waals surface area contributed by atoms with Crippen molar-refractivity contribution >= 4 is 23.0 Å². The van der Waals surface area contributed by atoms with E-state index in [1.54, 1.807) is 35.5 Å². The molecule has 32 heavy (non-hydrogen) atoms. The van der Waals surface area contributed by atoms with E-state index < -0.39 is 0 Å². The molecule has 0 spiro atoms. The molecule has 0 aromatic heterocycles. The Morgan fingerprint density at radius 1 is 0.812 bits per heavy atom. The Bertz CT molecular complexity index is 907. The molecule has 1 aliphatic heterocycles. The lowest BCUT2D eigenvalue weighted by atomic mass is 10.1. The van der Waals surface area contributed by atoms with Crippen molar-refractivity contribution in [1.82, 2.24) is 9.80 Å². The number of nitrogens with one attached hydrogen (secondary N) is 1. The number of piperazine rings is 1. The molecule has 0 unspecified atom stereocenters. The standard InChI is InChI=1S/C23H31N3O5S/c1-27-17-6-7-19(28-2)18(14-17)24-23(32)26-10-8-25(9-11-26)15-16-12-20(29-3)22(31-5)21(13-16)30-4/h6-7,12-14H,8-11,15H2,1-5H3,(H,24,32). The molecular formula is C23H31N3O5S. The largest absolute Gasteiger partial charge is 0.497 e. The fourth-order valence-corrected chi connectivity index (χ4v) is 3.99.